The SMILES string of the molecule is CC(C(=O)OC(C)(C)C)N1C(=O)C(=O)c2cc(Cl)ccc21. The lowest BCUT2D eigenvalue weighted by atomic mass is 10.1. The number of halogens is 1. The maximum absolute atomic E-state index is 12.1. The summed E-state index contributed by atoms with van der Waals surface area (Å²) in [7, 11) is 0. The molecule has 1 aliphatic heterocycles. The van der Waals surface area contributed by atoms with E-state index in [1.54, 1.807) is 32.9 Å². The van der Waals surface area contributed by atoms with Gasteiger partial charge in [-0.1, -0.05) is 11.6 Å². The first kappa shape index (κ1) is 15.5. The molecule has 1 amide bonds. The molecule has 0 bridgehead atoms. The minimum Gasteiger partial charge on any atom is -0.458 e. The summed E-state index contributed by atoms with van der Waals surface area (Å²) in [5.74, 6) is -1.97. The lowest BCUT2D eigenvalue weighted by molar-refractivity contribution is -0.156. The summed E-state index contributed by atoms with van der Waals surface area (Å²) in [6.45, 7) is 6.75. The monoisotopic (exact) mass is 309 g/mol. The van der Waals surface area contributed by atoms with E-state index < -0.39 is 29.3 Å². The normalized spacial score (nSPS) is 16.0. The van der Waals surface area contributed by atoms with Crippen molar-refractivity contribution < 1.29 is 19.1 Å². The molecule has 1 heterocycles. The fourth-order valence-corrected chi connectivity index (χ4v) is 2.28. The number of nitrogens with zero attached hydrogens (tertiary/aromatic N) is 1. The van der Waals surface area contributed by atoms with Crippen LogP contribution in [-0.4, -0.2) is 29.3 Å². The van der Waals surface area contributed by atoms with Gasteiger partial charge in [0.15, 0.2) is 0 Å². The number of hydrogen-bond acceptors (Lipinski definition) is 4. The van der Waals surface area contributed by atoms with Gasteiger partial charge in [-0.05, 0) is 45.9 Å². The molecule has 112 valence electrons. The smallest absolute Gasteiger partial charge is 0.329 e. The summed E-state index contributed by atoms with van der Waals surface area (Å²) in [5.41, 5.74) is -0.0725. The first-order valence-corrected chi connectivity index (χ1v) is 6.90. The van der Waals surface area contributed by atoms with Crippen molar-refractivity contribution in [1.29, 1.82) is 0 Å². The molecule has 0 radical (unpaired) electrons. The highest BCUT2D eigenvalue weighted by atomic mass is 35.5. The van der Waals surface area contributed by atoms with E-state index >= 15 is 0 Å². The number of esters is 1. The molecule has 1 unspecified atom stereocenters. The third-order valence-corrected chi connectivity index (χ3v) is 3.25. The van der Waals surface area contributed by atoms with Crippen LogP contribution >= 0.6 is 11.6 Å². The van der Waals surface area contributed by atoms with E-state index in [0.717, 1.165) is 4.90 Å². The van der Waals surface area contributed by atoms with Crippen molar-refractivity contribution in [2.75, 3.05) is 4.90 Å². The maximum atomic E-state index is 12.1. The van der Waals surface area contributed by atoms with Gasteiger partial charge in [-0.15, -0.1) is 0 Å². The van der Waals surface area contributed by atoms with E-state index in [0.29, 0.717) is 10.7 Å². The molecule has 1 aliphatic rings. The molecule has 0 saturated heterocycles. The number of ketones is 1. The Morgan fingerprint density at radius 1 is 1.29 bits per heavy atom. The molecule has 0 aromatic heterocycles. The molecule has 2 rings (SSSR count). The number of benzene rings is 1. The van der Waals surface area contributed by atoms with Gasteiger partial charge in [-0.3, -0.25) is 14.5 Å². The second-order valence-corrected chi connectivity index (χ2v) is 6.31. The van der Waals surface area contributed by atoms with Crippen molar-refractivity contribution in [3.63, 3.8) is 0 Å². The van der Waals surface area contributed by atoms with Crippen LogP contribution in [0.4, 0.5) is 5.69 Å². The summed E-state index contributed by atoms with van der Waals surface area (Å²) >= 11 is 5.84. The quantitative estimate of drug-likeness (QED) is 0.622. The average Bonchev–Trinajstić information content (AvgIpc) is 2.59. The Bertz CT molecular complexity index is 633. The maximum Gasteiger partial charge on any atom is 0.329 e. The molecule has 1 aromatic rings. The molecule has 5 nitrogen and oxygen atoms in total. The fourth-order valence-electron chi connectivity index (χ4n) is 2.11. The Morgan fingerprint density at radius 3 is 2.48 bits per heavy atom. The molecule has 0 fully saturated rings. The third-order valence-electron chi connectivity index (χ3n) is 3.01. The van der Waals surface area contributed by atoms with E-state index in [4.69, 9.17) is 16.3 Å². The lowest BCUT2D eigenvalue weighted by Crippen LogP contribution is -2.45. The van der Waals surface area contributed by atoms with Crippen LogP contribution in [0.15, 0.2) is 18.2 Å². The number of carbonyl (C=O) groups excluding carboxylic acids is 3. The number of Topliss-reactive ketones (excluding diaryl/α,β-unsaturated/α-hetero) is 1. The summed E-state index contributed by atoms with van der Waals surface area (Å²) in [5, 5.41) is 0.363. The van der Waals surface area contributed by atoms with E-state index in [9.17, 15) is 14.4 Å². The van der Waals surface area contributed by atoms with Crippen LogP contribution in [0.25, 0.3) is 0 Å². The van der Waals surface area contributed by atoms with E-state index in [2.05, 4.69) is 0 Å². The Hall–Kier alpha value is -1.88. The standard InChI is InChI=1S/C15H16ClNO4/c1-8(14(20)21-15(2,3)4)17-11-6-5-9(16)7-10(11)12(18)13(17)19/h5-8H,1-4H3. The highest BCUT2D eigenvalue weighted by molar-refractivity contribution is 6.53. The van der Waals surface area contributed by atoms with Gasteiger partial charge in [0.05, 0.1) is 11.3 Å². The number of fused-ring (bicyclic) bond motifs is 1. The second-order valence-electron chi connectivity index (χ2n) is 5.88. The number of rotatable bonds is 2. The van der Waals surface area contributed by atoms with Crippen LogP contribution in [0.1, 0.15) is 38.1 Å². The van der Waals surface area contributed by atoms with Gasteiger partial charge in [0.1, 0.15) is 11.6 Å². The number of carbonyl (C=O) groups is 3. The predicted molar refractivity (Wildman–Crippen MR) is 78.6 cm³/mol. The zero-order valence-electron chi connectivity index (χ0n) is 12.3. The number of ether oxygens (including phenoxy) is 1. The summed E-state index contributed by atoms with van der Waals surface area (Å²) < 4.78 is 5.26. The minimum absolute atomic E-state index is 0.211. The first-order valence-electron chi connectivity index (χ1n) is 6.52. The largest absolute Gasteiger partial charge is 0.458 e. The zero-order valence-corrected chi connectivity index (χ0v) is 13.0. The Kier molecular flexibility index (Phi) is 3.80. The minimum atomic E-state index is -0.886. The molecule has 1 aromatic carbocycles. The zero-order chi connectivity index (χ0) is 15.9. The van der Waals surface area contributed by atoms with Crippen molar-refractivity contribution in [1.82, 2.24) is 0 Å². The number of anilines is 1. The van der Waals surface area contributed by atoms with Gasteiger partial charge >= 0.3 is 5.97 Å². The molecule has 0 aliphatic carbocycles. The number of hydrogen-bond donors (Lipinski definition) is 0. The summed E-state index contributed by atoms with van der Waals surface area (Å²) in [6.07, 6.45) is 0. The third kappa shape index (κ3) is 2.93. The van der Waals surface area contributed by atoms with Crippen molar-refractivity contribution in [2.45, 2.75) is 39.3 Å². The van der Waals surface area contributed by atoms with Crippen molar-refractivity contribution in [2.24, 2.45) is 0 Å². The van der Waals surface area contributed by atoms with Crippen molar-refractivity contribution in [3.05, 3.63) is 28.8 Å². The van der Waals surface area contributed by atoms with Crippen molar-refractivity contribution >= 4 is 34.9 Å². The van der Waals surface area contributed by atoms with Crippen molar-refractivity contribution in [3.8, 4) is 0 Å². The Morgan fingerprint density at radius 2 is 1.90 bits per heavy atom. The molecule has 0 spiro atoms. The van der Waals surface area contributed by atoms with E-state index in [1.165, 1.54) is 13.0 Å². The highest BCUT2D eigenvalue weighted by Gasteiger charge is 2.41. The van der Waals surface area contributed by atoms with Crippen LogP contribution in [-0.2, 0) is 14.3 Å². The fraction of sp³-hybridized carbons (Fsp3) is 0.400. The van der Waals surface area contributed by atoms with Gasteiger partial charge in [0, 0.05) is 5.02 Å². The van der Waals surface area contributed by atoms with Crippen LogP contribution < -0.4 is 4.90 Å². The molecule has 6 heteroatoms. The highest BCUT2D eigenvalue weighted by Crippen LogP contribution is 2.33. The second kappa shape index (κ2) is 5.15. The van der Waals surface area contributed by atoms with Crippen LogP contribution in [0.2, 0.25) is 5.02 Å². The van der Waals surface area contributed by atoms with Gasteiger partial charge in [-0.2, -0.15) is 0 Å². The Balaban J connectivity index is 2.35. The summed E-state index contributed by atoms with van der Waals surface area (Å²) in [4.78, 5) is 37.4. The Labute approximate surface area is 127 Å². The average molecular weight is 310 g/mol. The van der Waals surface area contributed by atoms with E-state index in [-0.39, 0.29) is 5.56 Å². The topological polar surface area (TPSA) is 63.7 Å². The van der Waals surface area contributed by atoms with Crippen LogP contribution in [0, 0.1) is 0 Å². The van der Waals surface area contributed by atoms with Gasteiger partial charge in [0.2, 0.25) is 0 Å². The molecule has 0 N–H and O–H groups in total. The van der Waals surface area contributed by atoms with Gasteiger partial charge in [0.25, 0.3) is 11.7 Å². The molecular weight excluding hydrogens is 294 g/mol. The molecular formula is C15H16ClNO4. The van der Waals surface area contributed by atoms with Crippen LogP contribution in [0.5, 0.6) is 0 Å². The summed E-state index contributed by atoms with van der Waals surface area (Å²) in [6, 6.07) is 3.67. The van der Waals surface area contributed by atoms with Crippen LogP contribution in [0.3, 0.4) is 0 Å². The molecule has 1 atom stereocenters. The van der Waals surface area contributed by atoms with Gasteiger partial charge in [-0.25, -0.2) is 4.79 Å². The van der Waals surface area contributed by atoms with E-state index in [1.807, 2.05) is 0 Å². The number of amides is 1. The lowest BCUT2D eigenvalue weighted by Gasteiger charge is -2.27. The first-order chi connectivity index (χ1) is 9.61. The molecule has 0 saturated carbocycles. The van der Waals surface area contributed by atoms with Gasteiger partial charge < -0.3 is 4.74 Å². The predicted octanol–water partition coefficient (Wildman–Crippen LogP) is 2.60. The molecule has 21 heavy (non-hydrogen) atoms.